The number of hydrogen-bond donors (Lipinski definition) is 2. The van der Waals surface area contributed by atoms with Crippen LogP contribution in [0.3, 0.4) is 0 Å². The molecular formula is C14H25N5. The first kappa shape index (κ1) is 14.1. The summed E-state index contributed by atoms with van der Waals surface area (Å²) in [6, 6.07) is 2.51. The number of aromatic nitrogens is 2. The standard InChI is InChI=1S/C14H25N5/c1-4-12-16-13(18-15)9-14(17-12)19(3)11-7-5-6-10(2)8-11/h9-11H,4-8,15H2,1-3H3,(H,16,17,18). The van der Waals surface area contributed by atoms with E-state index in [1.807, 2.05) is 6.07 Å². The predicted octanol–water partition coefficient (Wildman–Crippen LogP) is 2.34. The normalized spacial score (nSPS) is 23.2. The number of aryl methyl sites for hydroxylation is 1. The zero-order valence-electron chi connectivity index (χ0n) is 12.2. The topological polar surface area (TPSA) is 67.1 Å². The molecule has 1 aliphatic rings. The number of hydrogen-bond acceptors (Lipinski definition) is 5. The molecular weight excluding hydrogens is 238 g/mol. The van der Waals surface area contributed by atoms with Crippen LogP contribution in [0.25, 0.3) is 0 Å². The maximum Gasteiger partial charge on any atom is 0.145 e. The number of anilines is 2. The highest BCUT2D eigenvalue weighted by atomic mass is 15.3. The van der Waals surface area contributed by atoms with Crippen LogP contribution in [0.5, 0.6) is 0 Å². The van der Waals surface area contributed by atoms with Crippen LogP contribution in [0, 0.1) is 5.92 Å². The predicted molar refractivity (Wildman–Crippen MR) is 79.0 cm³/mol. The van der Waals surface area contributed by atoms with Crippen LogP contribution in [-0.2, 0) is 6.42 Å². The molecule has 106 valence electrons. The summed E-state index contributed by atoms with van der Waals surface area (Å²) >= 11 is 0. The molecule has 1 aromatic heterocycles. The molecule has 1 fully saturated rings. The molecule has 0 amide bonds. The van der Waals surface area contributed by atoms with Crippen molar-refractivity contribution in [2.75, 3.05) is 17.4 Å². The van der Waals surface area contributed by atoms with E-state index in [0.717, 1.165) is 24.0 Å². The molecule has 1 aliphatic carbocycles. The van der Waals surface area contributed by atoms with Crippen LogP contribution in [0.4, 0.5) is 11.6 Å². The molecule has 0 aliphatic heterocycles. The van der Waals surface area contributed by atoms with Crippen molar-refractivity contribution in [1.82, 2.24) is 9.97 Å². The number of nitrogens with zero attached hydrogens (tertiary/aromatic N) is 3. The molecule has 0 bridgehead atoms. The summed E-state index contributed by atoms with van der Waals surface area (Å²) < 4.78 is 0. The first-order valence-corrected chi connectivity index (χ1v) is 7.21. The molecule has 0 saturated heterocycles. The number of hydrazine groups is 1. The van der Waals surface area contributed by atoms with Crippen molar-refractivity contribution in [3.05, 3.63) is 11.9 Å². The van der Waals surface area contributed by atoms with Gasteiger partial charge in [-0.15, -0.1) is 0 Å². The molecule has 0 aromatic carbocycles. The first-order chi connectivity index (χ1) is 9.13. The molecule has 1 saturated carbocycles. The third-order valence-corrected chi connectivity index (χ3v) is 4.04. The summed E-state index contributed by atoms with van der Waals surface area (Å²) in [4.78, 5) is 11.2. The Kier molecular flexibility index (Phi) is 4.58. The third kappa shape index (κ3) is 3.35. The van der Waals surface area contributed by atoms with Gasteiger partial charge in [-0.05, 0) is 18.8 Å². The summed E-state index contributed by atoms with van der Waals surface area (Å²) in [6.45, 7) is 4.40. The van der Waals surface area contributed by atoms with Crippen molar-refractivity contribution < 1.29 is 0 Å². The fourth-order valence-electron chi connectivity index (χ4n) is 2.84. The maximum absolute atomic E-state index is 5.48. The Labute approximate surface area is 115 Å². The molecule has 1 heterocycles. The molecule has 0 spiro atoms. The second-order valence-electron chi connectivity index (χ2n) is 5.56. The molecule has 2 unspecified atom stereocenters. The van der Waals surface area contributed by atoms with E-state index in [0.29, 0.717) is 11.9 Å². The van der Waals surface area contributed by atoms with E-state index in [2.05, 4.69) is 41.2 Å². The van der Waals surface area contributed by atoms with Gasteiger partial charge < -0.3 is 10.3 Å². The molecule has 2 rings (SSSR count). The fraction of sp³-hybridized carbons (Fsp3) is 0.714. The van der Waals surface area contributed by atoms with Gasteiger partial charge in [0, 0.05) is 25.6 Å². The van der Waals surface area contributed by atoms with E-state index < -0.39 is 0 Å². The van der Waals surface area contributed by atoms with Gasteiger partial charge in [0.05, 0.1) is 0 Å². The van der Waals surface area contributed by atoms with Crippen LogP contribution < -0.4 is 16.2 Å². The maximum atomic E-state index is 5.48. The minimum absolute atomic E-state index is 0.578. The molecule has 1 aromatic rings. The molecule has 5 nitrogen and oxygen atoms in total. The van der Waals surface area contributed by atoms with Crippen LogP contribution in [0.2, 0.25) is 0 Å². The lowest BCUT2D eigenvalue weighted by molar-refractivity contribution is 0.335. The van der Waals surface area contributed by atoms with E-state index in [1.54, 1.807) is 0 Å². The monoisotopic (exact) mass is 263 g/mol. The molecule has 2 atom stereocenters. The van der Waals surface area contributed by atoms with Gasteiger partial charge in [-0.3, -0.25) is 0 Å². The minimum atomic E-state index is 0.578. The van der Waals surface area contributed by atoms with Gasteiger partial charge >= 0.3 is 0 Å². The van der Waals surface area contributed by atoms with Crippen molar-refractivity contribution in [2.45, 2.75) is 52.0 Å². The lowest BCUT2D eigenvalue weighted by atomic mass is 9.86. The van der Waals surface area contributed by atoms with Crippen molar-refractivity contribution >= 4 is 11.6 Å². The Morgan fingerprint density at radius 3 is 2.84 bits per heavy atom. The highest BCUT2D eigenvalue weighted by molar-refractivity contribution is 5.49. The Morgan fingerprint density at radius 1 is 1.42 bits per heavy atom. The smallest absolute Gasteiger partial charge is 0.145 e. The Hall–Kier alpha value is -1.36. The van der Waals surface area contributed by atoms with Crippen molar-refractivity contribution in [1.29, 1.82) is 0 Å². The largest absolute Gasteiger partial charge is 0.357 e. The fourth-order valence-corrected chi connectivity index (χ4v) is 2.84. The van der Waals surface area contributed by atoms with Gasteiger partial charge in [-0.1, -0.05) is 26.7 Å². The number of nitrogen functional groups attached to an aromatic ring is 1. The van der Waals surface area contributed by atoms with E-state index in [9.17, 15) is 0 Å². The molecule has 3 N–H and O–H groups in total. The van der Waals surface area contributed by atoms with Crippen molar-refractivity contribution in [3.8, 4) is 0 Å². The zero-order valence-corrected chi connectivity index (χ0v) is 12.2. The summed E-state index contributed by atoms with van der Waals surface area (Å²) in [6.07, 6.45) is 5.97. The van der Waals surface area contributed by atoms with Crippen LogP contribution in [-0.4, -0.2) is 23.1 Å². The number of rotatable bonds is 4. The Bertz CT molecular complexity index is 398. The average molecular weight is 263 g/mol. The average Bonchev–Trinajstić information content (AvgIpc) is 2.45. The molecule has 19 heavy (non-hydrogen) atoms. The quantitative estimate of drug-likeness (QED) is 0.644. The number of nitrogens with one attached hydrogen (secondary N) is 1. The van der Waals surface area contributed by atoms with Crippen LogP contribution in [0.15, 0.2) is 6.07 Å². The lowest BCUT2D eigenvalue weighted by Crippen LogP contribution is -2.36. The molecule has 0 radical (unpaired) electrons. The van der Waals surface area contributed by atoms with Gasteiger partial charge in [-0.2, -0.15) is 0 Å². The van der Waals surface area contributed by atoms with Crippen LogP contribution in [0.1, 0.15) is 45.4 Å². The van der Waals surface area contributed by atoms with Gasteiger partial charge in [-0.25, -0.2) is 15.8 Å². The lowest BCUT2D eigenvalue weighted by Gasteiger charge is -2.35. The van der Waals surface area contributed by atoms with Gasteiger partial charge in [0.15, 0.2) is 0 Å². The molecule has 5 heteroatoms. The summed E-state index contributed by atoms with van der Waals surface area (Å²) in [5.41, 5.74) is 2.63. The second kappa shape index (κ2) is 6.19. The van der Waals surface area contributed by atoms with E-state index in [1.165, 1.54) is 25.7 Å². The summed E-state index contributed by atoms with van der Waals surface area (Å²) in [5, 5.41) is 0. The van der Waals surface area contributed by atoms with Crippen molar-refractivity contribution in [2.24, 2.45) is 11.8 Å². The third-order valence-electron chi connectivity index (χ3n) is 4.04. The van der Waals surface area contributed by atoms with E-state index >= 15 is 0 Å². The Morgan fingerprint density at radius 2 is 2.21 bits per heavy atom. The minimum Gasteiger partial charge on any atom is -0.357 e. The zero-order chi connectivity index (χ0) is 13.8. The van der Waals surface area contributed by atoms with E-state index in [-0.39, 0.29) is 0 Å². The number of nitrogens with two attached hydrogens (primary N) is 1. The van der Waals surface area contributed by atoms with E-state index in [4.69, 9.17) is 5.84 Å². The first-order valence-electron chi connectivity index (χ1n) is 7.21. The van der Waals surface area contributed by atoms with Crippen LogP contribution >= 0.6 is 0 Å². The van der Waals surface area contributed by atoms with Gasteiger partial charge in [0.2, 0.25) is 0 Å². The highest BCUT2D eigenvalue weighted by Gasteiger charge is 2.23. The van der Waals surface area contributed by atoms with Gasteiger partial charge in [0.25, 0.3) is 0 Å². The second-order valence-corrected chi connectivity index (χ2v) is 5.56. The highest BCUT2D eigenvalue weighted by Crippen LogP contribution is 2.29. The van der Waals surface area contributed by atoms with Crippen molar-refractivity contribution in [3.63, 3.8) is 0 Å². The SMILES string of the molecule is CCc1nc(NN)cc(N(C)C2CCCC(C)C2)n1. The summed E-state index contributed by atoms with van der Waals surface area (Å²) in [7, 11) is 2.13. The van der Waals surface area contributed by atoms with Gasteiger partial charge in [0.1, 0.15) is 17.5 Å². The summed E-state index contributed by atoms with van der Waals surface area (Å²) in [5.74, 6) is 8.79. The Balaban J connectivity index is 2.19.